The third kappa shape index (κ3) is 7.00. The highest BCUT2D eigenvalue weighted by Crippen LogP contribution is 2.38. The first kappa shape index (κ1) is 23.9. The van der Waals surface area contributed by atoms with Crippen molar-refractivity contribution in [1.29, 1.82) is 0 Å². The number of alkyl halides is 3. The van der Waals surface area contributed by atoms with Crippen molar-refractivity contribution in [3.8, 4) is 0 Å². The zero-order valence-electron chi connectivity index (χ0n) is 13.8. The smallest absolute Gasteiger partial charge is 0.314 e. The molecule has 1 aromatic carbocycles. The molecule has 2 nitrogen and oxygen atoms in total. The van der Waals surface area contributed by atoms with Gasteiger partial charge in [-0.3, -0.25) is 4.90 Å². The van der Waals surface area contributed by atoms with Gasteiger partial charge in [-0.2, -0.15) is 13.2 Å². The Kier molecular flexibility index (Phi) is 10.7. The van der Waals surface area contributed by atoms with Crippen LogP contribution in [-0.4, -0.2) is 36.6 Å². The van der Waals surface area contributed by atoms with E-state index in [1.54, 1.807) is 12.1 Å². The standard InChI is InChI=1S/C16H23F3N2S.2ClH/c1-3-12(2)15(21-10-8-20-9-11-21)13-4-6-14(7-5-13)22-16(17,18)19;;/h4-7,12,15,20H,3,8-11H2,1-2H3;2*1H/t12?,15-;;/m0../s1. The van der Waals surface area contributed by atoms with Crippen LogP contribution < -0.4 is 5.32 Å². The fraction of sp³-hybridized carbons (Fsp3) is 0.625. The summed E-state index contributed by atoms with van der Waals surface area (Å²) in [4.78, 5) is 2.69. The summed E-state index contributed by atoms with van der Waals surface area (Å²) in [5, 5.41) is 3.34. The molecule has 2 atom stereocenters. The molecule has 1 saturated heterocycles. The number of nitrogens with one attached hydrogen (secondary N) is 1. The van der Waals surface area contributed by atoms with E-state index in [0.717, 1.165) is 38.2 Å². The molecule has 140 valence electrons. The van der Waals surface area contributed by atoms with Crippen LogP contribution in [0, 0.1) is 5.92 Å². The predicted octanol–water partition coefficient (Wildman–Crippen LogP) is 5.13. The zero-order chi connectivity index (χ0) is 16.2. The summed E-state index contributed by atoms with van der Waals surface area (Å²) in [6, 6.07) is 7.16. The van der Waals surface area contributed by atoms with Crippen molar-refractivity contribution >= 4 is 36.6 Å². The van der Waals surface area contributed by atoms with Gasteiger partial charge in [-0.15, -0.1) is 24.8 Å². The first-order chi connectivity index (χ1) is 10.4. The lowest BCUT2D eigenvalue weighted by atomic mass is 9.90. The molecular weight excluding hydrogens is 380 g/mol. The van der Waals surface area contributed by atoms with Crippen LogP contribution in [0.15, 0.2) is 29.2 Å². The maximum Gasteiger partial charge on any atom is 0.446 e. The Morgan fingerprint density at radius 3 is 2.12 bits per heavy atom. The van der Waals surface area contributed by atoms with Gasteiger partial charge >= 0.3 is 5.51 Å². The molecule has 0 aromatic heterocycles. The Labute approximate surface area is 158 Å². The molecule has 2 rings (SSSR count). The maximum absolute atomic E-state index is 12.4. The van der Waals surface area contributed by atoms with Crippen molar-refractivity contribution in [3.05, 3.63) is 29.8 Å². The average molecular weight is 405 g/mol. The molecule has 0 spiro atoms. The van der Waals surface area contributed by atoms with Crippen molar-refractivity contribution in [2.75, 3.05) is 26.2 Å². The van der Waals surface area contributed by atoms with Gasteiger partial charge in [0, 0.05) is 37.1 Å². The van der Waals surface area contributed by atoms with Gasteiger partial charge in [0.05, 0.1) is 0 Å². The van der Waals surface area contributed by atoms with Crippen LogP contribution in [0.25, 0.3) is 0 Å². The van der Waals surface area contributed by atoms with Gasteiger partial charge in [0.2, 0.25) is 0 Å². The van der Waals surface area contributed by atoms with E-state index in [2.05, 4.69) is 24.1 Å². The van der Waals surface area contributed by atoms with Gasteiger partial charge in [-0.05, 0) is 35.4 Å². The van der Waals surface area contributed by atoms with Crippen molar-refractivity contribution < 1.29 is 13.2 Å². The largest absolute Gasteiger partial charge is 0.446 e. The topological polar surface area (TPSA) is 15.3 Å². The third-order valence-electron chi connectivity index (χ3n) is 4.18. The number of nitrogens with zero attached hydrogens (tertiary/aromatic N) is 1. The maximum atomic E-state index is 12.4. The molecule has 1 fully saturated rings. The molecule has 1 unspecified atom stereocenters. The first-order valence-electron chi connectivity index (χ1n) is 7.71. The predicted molar refractivity (Wildman–Crippen MR) is 99.5 cm³/mol. The second-order valence-corrected chi connectivity index (χ2v) is 6.87. The molecule has 1 aliphatic heterocycles. The molecule has 8 heteroatoms. The van der Waals surface area contributed by atoms with Gasteiger partial charge < -0.3 is 5.32 Å². The molecule has 1 heterocycles. The van der Waals surface area contributed by atoms with Gasteiger partial charge in [0.25, 0.3) is 0 Å². The van der Waals surface area contributed by atoms with Crippen molar-refractivity contribution in [1.82, 2.24) is 10.2 Å². The number of rotatable bonds is 5. The average Bonchev–Trinajstić information content (AvgIpc) is 2.48. The summed E-state index contributed by atoms with van der Waals surface area (Å²) >= 11 is -0.0527. The fourth-order valence-corrected chi connectivity index (χ4v) is 3.49. The number of hydrogen-bond acceptors (Lipinski definition) is 3. The molecule has 0 bridgehead atoms. The number of hydrogen-bond donors (Lipinski definition) is 1. The van der Waals surface area contributed by atoms with Gasteiger partial charge in [-0.1, -0.05) is 32.4 Å². The lowest BCUT2D eigenvalue weighted by Crippen LogP contribution is -2.46. The lowest BCUT2D eigenvalue weighted by molar-refractivity contribution is -0.0328. The number of halogens is 5. The number of benzene rings is 1. The number of thioether (sulfide) groups is 1. The van der Waals surface area contributed by atoms with E-state index in [1.165, 1.54) is 0 Å². The van der Waals surface area contributed by atoms with E-state index in [1.807, 2.05) is 12.1 Å². The first-order valence-corrected chi connectivity index (χ1v) is 8.53. The van der Waals surface area contributed by atoms with Crippen LogP contribution in [0.3, 0.4) is 0 Å². The second-order valence-electron chi connectivity index (χ2n) is 5.73. The van der Waals surface area contributed by atoms with Gasteiger partial charge in [-0.25, -0.2) is 0 Å². The monoisotopic (exact) mass is 404 g/mol. The molecule has 24 heavy (non-hydrogen) atoms. The Hall–Kier alpha value is -0.140. The summed E-state index contributed by atoms with van der Waals surface area (Å²) in [6.07, 6.45) is 1.05. The normalized spacial score (nSPS) is 18.2. The summed E-state index contributed by atoms with van der Waals surface area (Å²) < 4.78 is 37.3. The minimum absolute atomic E-state index is 0. The molecule has 0 saturated carbocycles. The Balaban J connectivity index is 0.00000264. The van der Waals surface area contributed by atoms with E-state index >= 15 is 0 Å². The molecule has 1 aliphatic rings. The number of piperazine rings is 1. The van der Waals surface area contributed by atoms with Crippen LogP contribution in [0.4, 0.5) is 13.2 Å². The third-order valence-corrected chi connectivity index (χ3v) is 4.92. The highest BCUT2D eigenvalue weighted by Gasteiger charge is 2.30. The van der Waals surface area contributed by atoms with E-state index in [-0.39, 0.29) is 47.5 Å². The highest BCUT2D eigenvalue weighted by molar-refractivity contribution is 8.00. The molecular formula is C16H25Cl2F3N2S. The molecule has 1 N–H and O–H groups in total. The Bertz CT molecular complexity index is 465. The lowest BCUT2D eigenvalue weighted by Gasteiger charge is -2.38. The quantitative estimate of drug-likeness (QED) is 0.684. The van der Waals surface area contributed by atoms with Crippen LogP contribution in [0.2, 0.25) is 0 Å². The Morgan fingerprint density at radius 1 is 1.12 bits per heavy atom. The van der Waals surface area contributed by atoms with Crippen LogP contribution >= 0.6 is 36.6 Å². The SMILES string of the molecule is CCC(C)[C@@H](c1ccc(SC(F)(F)F)cc1)N1CCNCC1.Cl.Cl. The highest BCUT2D eigenvalue weighted by atomic mass is 35.5. The van der Waals surface area contributed by atoms with E-state index < -0.39 is 5.51 Å². The van der Waals surface area contributed by atoms with Crippen LogP contribution in [0.5, 0.6) is 0 Å². The van der Waals surface area contributed by atoms with Crippen molar-refractivity contribution in [2.24, 2.45) is 5.92 Å². The molecule has 1 aromatic rings. The Morgan fingerprint density at radius 2 is 1.67 bits per heavy atom. The van der Waals surface area contributed by atoms with Crippen LogP contribution in [0.1, 0.15) is 31.9 Å². The summed E-state index contributed by atoms with van der Waals surface area (Å²) in [6.45, 7) is 8.27. The molecule has 0 aliphatic carbocycles. The molecule has 0 amide bonds. The van der Waals surface area contributed by atoms with Gasteiger partial charge in [0.1, 0.15) is 0 Å². The van der Waals surface area contributed by atoms with Gasteiger partial charge in [0.15, 0.2) is 0 Å². The summed E-state index contributed by atoms with van der Waals surface area (Å²) in [5.41, 5.74) is -3.11. The zero-order valence-corrected chi connectivity index (χ0v) is 16.3. The van der Waals surface area contributed by atoms with E-state index in [0.29, 0.717) is 5.92 Å². The minimum Gasteiger partial charge on any atom is -0.314 e. The summed E-state index contributed by atoms with van der Waals surface area (Å²) in [7, 11) is 0. The molecule has 0 radical (unpaired) electrons. The van der Waals surface area contributed by atoms with Crippen LogP contribution in [-0.2, 0) is 0 Å². The second kappa shape index (κ2) is 10.8. The van der Waals surface area contributed by atoms with Crippen molar-refractivity contribution in [3.63, 3.8) is 0 Å². The fourth-order valence-electron chi connectivity index (χ4n) is 2.95. The van der Waals surface area contributed by atoms with E-state index in [9.17, 15) is 13.2 Å². The minimum atomic E-state index is -4.23. The van der Waals surface area contributed by atoms with Crippen molar-refractivity contribution in [2.45, 2.75) is 36.7 Å². The summed E-state index contributed by atoms with van der Waals surface area (Å²) in [5.74, 6) is 0.471. The van der Waals surface area contributed by atoms with E-state index in [4.69, 9.17) is 0 Å².